The predicted octanol–water partition coefficient (Wildman–Crippen LogP) is 3.70. The number of carbonyl (C=O) groups is 2. The van der Waals surface area contributed by atoms with E-state index in [1.807, 2.05) is 6.92 Å². The molecule has 1 aliphatic heterocycles. The van der Waals surface area contributed by atoms with E-state index in [2.05, 4.69) is 16.0 Å². The summed E-state index contributed by atoms with van der Waals surface area (Å²) in [5, 5.41) is 8.50. The number of carbonyl (C=O) groups excluding carboxylic acids is 2. The Kier molecular flexibility index (Phi) is 5.36. The van der Waals surface area contributed by atoms with Gasteiger partial charge in [0, 0.05) is 16.9 Å². The summed E-state index contributed by atoms with van der Waals surface area (Å²) in [4.78, 5) is 24.5. The van der Waals surface area contributed by atoms with Gasteiger partial charge in [-0.15, -0.1) is 0 Å². The molecule has 0 fully saturated rings. The van der Waals surface area contributed by atoms with E-state index >= 15 is 0 Å². The lowest BCUT2D eigenvalue weighted by atomic mass is 10.1. The molecule has 2 heterocycles. The van der Waals surface area contributed by atoms with Gasteiger partial charge in [-0.2, -0.15) is 0 Å². The van der Waals surface area contributed by atoms with Crippen molar-refractivity contribution in [1.29, 1.82) is 0 Å². The lowest BCUT2D eigenvalue weighted by Crippen LogP contribution is -2.34. The fraction of sp³-hybridized carbons (Fsp3) is 0.0952. The highest BCUT2D eigenvalue weighted by Gasteiger charge is 2.17. The molecule has 8 nitrogen and oxygen atoms in total. The topological polar surface area (TPSA) is 102 Å². The molecule has 2 aromatic carbocycles. The molecule has 0 aliphatic carbocycles. The normalized spacial score (nSPS) is 11.6. The van der Waals surface area contributed by atoms with Crippen LogP contribution in [0.1, 0.15) is 26.5 Å². The smallest absolute Gasteiger partial charge is 0.291 e. The number of anilines is 2. The van der Waals surface area contributed by atoms with Gasteiger partial charge in [0.05, 0.1) is 6.26 Å². The number of thiocarbonyl (C=S) groups is 1. The highest BCUT2D eigenvalue weighted by atomic mass is 32.1. The molecule has 4 rings (SSSR count). The summed E-state index contributed by atoms with van der Waals surface area (Å²) in [6, 6.07) is 13.4. The number of amides is 2. The zero-order chi connectivity index (χ0) is 21.1. The van der Waals surface area contributed by atoms with Gasteiger partial charge in [-0.25, -0.2) is 0 Å². The van der Waals surface area contributed by atoms with E-state index in [1.165, 1.54) is 6.26 Å². The van der Waals surface area contributed by atoms with E-state index < -0.39 is 0 Å². The molecule has 0 spiro atoms. The van der Waals surface area contributed by atoms with Gasteiger partial charge < -0.3 is 24.5 Å². The third kappa shape index (κ3) is 4.26. The molecular weight excluding hydrogens is 406 g/mol. The number of rotatable bonds is 4. The molecule has 152 valence electrons. The van der Waals surface area contributed by atoms with Crippen LogP contribution in [0.25, 0.3) is 0 Å². The molecule has 0 radical (unpaired) electrons. The van der Waals surface area contributed by atoms with Crippen LogP contribution in [0.4, 0.5) is 11.4 Å². The minimum absolute atomic E-state index is 0.137. The van der Waals surface area contributed by atoms with E-state index in [0.29, 0.717) is 28.4 Å². The maximum Gasteiger partial charge on any atom is 0.291 e. The van der Waals surface area contributed by atoms with Crippen LogP contribution < -0.4 is 25.4 Å². The molecule has 3 N–H and O–H groups in total. The second-order valence-corrected chi connectivity index (χ2v) is 6.85. The van der Waals surface area contributed by atoms with Gasteiger partial charge in [-0.05, 0) is 73.2 Å². The zero-order valence-corrected chi connectivity index (χ0v) is 16.7. The minimum Gasteiger partial charge on any atom is -0.459 e. The highest BCUT2D eigenvalue weighted by Crippen LogP contribution is 2.32. The summed E-state index contributed by atoms with van der Waals surface area (Å²) in [5.41, 5.74) is 2.51. The van der Waals surface area contributed by atoms with Crippen LogP contribution in [-0.4, -0.2) is 23.7 Å². The predicted molar refractivity (Wildman–Crippen MR) is 114 cm³/mol. The Morgan fingerprint density at radius 2 is 1.80 bits per heavy atom. The maximum absolute atomic E-state index is 12.4. The SMILES string of the molecule is Cc1cc(NC(=S)NC(=O)c2ccc3c(c2)OCO3)ccc1NC(=O)c1ccco1. The summed E-state index contributed by atoms with van der Waals surface area (Å²) in [6.45, 7) is 1.98. The number of furan rings is 1. The third-order valence-electron chi connectivity index (χ3n) is 4.34. The van der Waals surface area contributed by atoms with Gasteiger partial charge in [-0.1, -0.05) is 0 Å². The van der Waals surface area contributed by atoms with E-state index in [1.54, 1.807) is 48.5 Å². The summed E-state index contributed by atoms with van der Waals surface area (Å²) in [7, 11) is 0. The van der Waals surface area contributed by atoms with Gasteiger partial charge in [0.15, 0.2) is 22.4 Å². The second-order valence-electron chi connectivity index (χ2n) is 6.44. The lowest BCUT2D eigenvalue weighted by molar-refractivity contribution is 0.0974. The first-order valence-electron chi connectivity index (χ1n) is 8.97. The first-order valence-corrected chi connectivity index (χ1v) is 9.38. The molecule has 3 aromatic rings. The van der Waals surface area contributed by atoms with Crippen molar-refractivity contribution in [2.45, 2.75) is 6.92 Å². The Balaban J connectivity index is 1.36. The van der Waals surface area contributed by atoms with Crippen LogP contribution in [0.3, 0.4) is 0 Å². The summed E-state index contributed by atoms with van der Waals surface area (Å²) >= 11 is 5.23. The fourth-order valence-corrected chi connectivity index (χ4v) is 3.06. The number of aryl methyl sites for hydroxylation is 1. The van der Waals surface area contributed by atoms with Crippen molar-refractivity contribution in [1.82, 2.24) is 5.32 Å². The molecule has 0 saturated heterocycles. The number of benzene rings is 2. The molecular formula is C21H17N3O5S. The quantitative estimate of drug-likeness (QED) is 0.550. The Bertz CT molecular complexity index is 1130. The Morgan fingerprint density at radius 1 is 0.967 bits per heavy atom. The van der Waals surface area contributed by atoms with Crippen molar-refractivity contribution >= 4 is 40.5 Å². The molecule has 0 bridgehead atoms. The Labute approximate surface area is 177 Å². The molecule has 1 aromatic heterocycles. The lowest BCUT2D eigenvalue weighted by Gasteiger charge is -2.13. The number of hydrogen-bond acceptors (Lipinski definition) is 6. The molecule has 1 aliphatic rings. The van der Waals surface area contributed by atoms with Crippen molar-refractivity contribution in [3.63, 3.8) is 0 Å². The first-order chi connectivity index (χ1) is 14.5. The van der Waals surface area contributed by atoms with Gasteiger partial charge in [0.1, 0.15) is 0 Å². The molecule has 9 heteroatoms. The number of fused-ring (bicyclic) bond motifs is 1. The Hall–Kier alpha value is -3.85. The van der Waals surface area contributed by atoms with Gasteiger partial charge in [-0.3, -0.25) is 14.9 Å². The fourth-order valence-electron chi connectivity index (χ4n) is 2.85. The average molecular weight is 423 g/mol. The van der Waals surface area contributed by atoms with Crippen LogP contribution in [0.15, 0.2) is 59.2 Å². The van der Waals surface area contributed by atoms with Crippen molar-refractivity contribution in [2.24, 2.45) is 0 Å². The molecule has 0 atom stereocenters. The second kappa shape index (κ2) is 8.26. The minimum atomic E-state index is -0.371. The summed E-state index contributed by atoms with van der Waals surface area (Å²) in [6.07, 6.45) is 1.44. The van der Waals surface area contributed by atoms with Crippen molar-refractivity contribution in [2.75, 3.05) is 17.4 Å². The van der Waals surface area contributed by atoms with Crippen LogP contribution in [-0.2, 0) is 0 Å². The van der Waals surface area contributed by atoms with E-state index in [0.717, 1.165) is 5.56 Å². The van der Waals surface area contributed by atoms with Crippen LogP contribution in [0.2, 0.25) is 0 Å². The van der Waals surface area contributed by atoms with Crippen molar-refractivity contribution in [3.8, 4) is 11.5 Å². The standard InChI is InChI=1S/C21H17N3O5S/c1-12-9-14(5-6-15(12)23-20(26)17-3-2-8-27-17)22-21(30)24-19(25)13-4-7-16-18(10-13)29-11-28-16/h2-10H,11H2,1H3,(H,23,26)(H2,22,24,25,30). The van der Waals surface area contributed by atoms with E-state index in [-0.39, 0.29) is 29.5 Å². The third-order valence-corrected chi connectivity index (χ3v) is 4.54. The van der Waals surface area contributed by atoms with Crippen LogP contribution >= 0.6 is 12.2 Å². The van der Waals surface area contributed by atoms with Gasteiger partial charge in [0.25, 0.3) is 11.8 Å². The highest BCUT2D eigenvalue weighted by molar-refractivity contribution is 7.80. The monoisotopic (exact) mass is 423 g/mol. The molecule has 2 amide bonds. The Morgan fingerprint density at radius 3 is 2.57 bits per heavy atom. The number of hydrogen-bond donors (Lipinski definition) is 3. The molecule has 0 saturated carbocycles. The molecule has 30 heavy (non-hydrogen) atoms. The van der Waals surface area contributed by atoms with Crippen molar-refractivity contribution < 1.29 is 23.5 Å². The first kappa shape index (κ1) is 19.5. The van der Waals surface area contributed by atoms with E-state index in [9.17, 15) is 9.59 Å². The molecule has 0 unspecified atom stereocenters. The van der Waals surface area contributed by atoms with Crippen molar-refractivity contribution in [3.05, 3.63) is 71.7 Å². The largest absolute Gasteiger partial charge is 0.459 e. The van der Waals surface area contributed by atoms with E-state index in [4.69, 9.17) is 26.1 Å². The summed E-state index contributed by atoms with van der Waals surface area (Å²) < 4.78 is 15.6. The van der Waals surface area contributed by atoms with Crippen LogP contribution in [0.5, 0.6) is 11.5 Å². The number of nitrogens with one attached hydrogen (secondary N) is 3. The number of ether oxygens (including phenoxy) is 2. The average Bonchev–Trinajstić information content (AvgIpc) is 3.41. The summed E-state index contributed by atoms with van der Waals surface area (Å²) in [5.74, 6) is 0.635. The maximum atomic E-state index is 12.4. The van der Waals surface area contributed by atoms with Gasteiger partial charge in [0.2, 0.25) is 6.79 Å². The van der Waals surface area contributed by atoms with Crippen LogP contribution in [0, 0.1) is 6.92 Å². The van der Waals surface area contributed by atoms with Gasteiger partial charge >= 0.3 is 0 Å². The zero-order valence-electron chi connectivity index (χ0n) is 15.9.